The van der Waals surface area contributed by atoms with Crippen molar-refractivity contribution < 1.29 is 9.18 Å². The summed E-state index contributed by atoms with van der Waals surface area (Å²) in [6.07, 6.45) is 0. The molecule has 0 aliphatic heterocycles. The number of nitrogens with zero attached hydrogens (tertiary/aromatic N) is 4. The maximum Gasteiger partial charge on any atom is 0.192 e. The molecule has 0 amide bonds. The van der Waals surface area contributed by atoms with Crippen molar-refractivity contribution in [3.05, 3.63) is 118 Å². The molecule has 0 N–H and O–H groups in total. The van der Waals surface area contributed by atoms with E-state index in [2.05, 4.69) is 71.9 Å². The van der Waals surface area contributed by atoms with Crippen LogP contribution in [0.4, 0.5) is 4.39 Å². The molecule has 0 fully saturated rings. The Labute approximate surface area is 245 Å². The molecular formula is C34H35FN4OS. The van der Waals surface area contributed by atoms with Crippen LogP contribution in [0.2, 0.25) is 0 Å². The zero-order valence-electron chi connectivity index (χ0n) is 24.4. The van der Waals surface area contributed by atoms with E-state index in [0.29, 0.717) is 28.5 Å². The largest absolute Gasteiger partial charge is 0.318 e. The molecule has 7 heteroatoms. The Hall–Kier alpha value is -3.97. The summed E-state index contributed by atoms with van der Waals surface area (Å²) < 4.78 is 18.3. The summed E-state index contributed by atoms with van der Waals surface area (Å²) in [6.45, 7) is 12.8. The zero-order chi connectivity index (χ0) is 29.3. The number of hydrogen-bond donors (Lipinski definition) is 0. The highest BCUT2D eigenvalue weighted by Gasteiger charge is 2.21. The summed E-state index contributed by atoms with van der Waals surface area (Å²) in [5.74, 6) is 0.707. The molecule has 0 saturated carbocycles. The maximum atomic E-state index is 14.3. The van der Waals surface area contributed by atoms with Crippen LogP contribution in [-0.2, 0) is 12.0 Å². The molecule has 0 aliphatic rings. The van der Waals surface area contributed by atoms with Crippen LogP contribution in [0.1, 0.15) is 59.2 Å². The summed E-state index contributed by atoms with van der Waals surface area (Å²) in [5.41, 5.74) is 7.02. The van der Waals surface area contributed by atoms with E-state index in [-0.39, 0.29) is 22.8 Å². The van der Waals surface area contributed by atoms with Gasteiger partial charge in [-0.3, -0.25) is 9.36 Å². The lowest BCUT2D eigenvalue weighted by Gasteiger charge is -2.19. The Bertz CT molecular complexity index is 1700. The smallest absolute Gasteiger partial charge is 0.192 e. The lowest BCUT2D eigenvalue weighted by molar-refractivity contribution is 0.102. The minimum Gasteiger partial charge on any atom is -0.318 e. The van der Waals surface area contributed by atoms with Crippen LogP contribution in [0.5, 0.6) is 0 Å². The Morgan fingerprint density at radius 2 is 1.61 bits per heavy atom. The van der Waals surface area contributed by atoms with Gasteiger partial charge in [-0.15, -0.1) is 10.2 Å². The molecule has 5 rings (SSSR count). The van der Waals surface area contributed by atoms with E-state index in [1.807, 2.05) is 48.7 Å². The summed E-state index contributed by atoms with van der Waals surface area (Å²) >= 11 is 1.39. The molecule has 0 saturated heterocycles. The van der Waals surface area contributed by atoms with E-state index in [1.54, 1.807) is 13.0 Å². The number of aromatic nitrogens is 4. The second kappa shape index (κ2) is 11.5. The van der Waals surface area contributed by atoms with Crippen LogP contribution in [0, 0.1) is 26.6 Å². The van der Waals surface area contributed by atoms with Crippen LogP contribution in [-0.4, -0.2) is 30.9 Å². The Morgan fingerprint density at radius 1 is 0.902 bits per heavy atom. The zero-order valence-corrected chi connectivity index (χ0v) is 25.2. The second-order valence-corrected chi connectivity index (χ2v) is 12.4. The van der Waals surface area contributed by atoms with Gasteiger partial charge in [0.2, 0.25) is 0 Å². The Morgan fingerprint density at radius 3 is 2.27 bits per heavy atom. The van der Waals surface area contributed by atoms with Gasteiger partial charge < -0.3 is 4.57 Å². The highest BCUT2D eigenvalue weighted by Crippen LogP contribution is 2.30. The first kappa shape index (κ1) is 28.6. The number of hydrogen-bond acceptors (Lipinski definition) is 4. The number of carbonyl (C=O) groups excluding carboxylic acids is 1. The number of carbonyl (C=O) groups is 1. The highest BCUT2D eigenvalue weighted by molar-refractivity contribution is 7.99. The first-order chi connectivity index (χ1) is 19.5. The quantitative estimate of drug-likeness (QED) is 0.141. The number of benzene rings is 3. The Kier molecular flexibility index (Phi) is 8.00. The van der Waals surface area contributed by atoms with Crippen LogP contribution < -0.4 is 0 Å². The molecule has 0 spiro atoms. The standard InChI is InChI=1S/C34H35FN4OS/c1-22-12-17-28(19-30(22)35)39-23(2)18-29(24(39)3)31(40)21-41-33-37-36-32(38(33)20-25-10-8-7-9-11-25)26-13-15-27(16-14-26)34(4,5)6/h7-19H,20-21H2,1-6H3. The predicted molar refractivity (Wildman–Crippen MR) is 165 cm³/mol. The van der Waals surface area contributed by atoms with Crippen molar-refractivity contribution in [2.24, 2.45) is 0 Å². The first-order valence-corrected chi connectivity index (χ1v) is 14.7. The summed E-state index contributed by atoms with van der Waals surface area (Å²) in [7, 11) is 0. The summed E-state index contributed by atoms with van der Waals surface area (Å²) in [4.78, 5) is 13.5. The van der Waals surface area contributed by atoms with Crippen molar-refractivity contribution in [3.63, 3.8) is 0 Å². The number of thioether (sulfide) groups is 1. The molecule has 5 nitrogen and oxygen atoms in total. The van der Waals surface area contributed by atoms with Gasteiger partial charge in [0.1, 0.15) is 5.82 Å². The predicted octanol–water partition coefficient (Wildman–Crippen LogP) is 8.12. The van der Waals surface area contributed by atoms with Crippen LogP contribution in [0.25, 0.3) is 17.1 Å². The van der Waals surface area contributed by atoms with Crippen molar-refractivity contribution in [1.29, 1.82) is 0 Å². The minimum absolute atomic E-state index is 0.00715. The molecule has 0 unspecified atom stereocenters. The van der Waals surface area contributed by atoms with Gasteiger partial charge in [-0.05, 0) is 61.1 Å². The molecule has 0 atom stereocenters. The van der Waals surface area contributed by atoms with Crippen molar-refractivity contribution in [2.75, 3.05) is 5.75 Å². The van der Waals surface area contributed by atoms with Gasteiger partial charge in [-0.2, -0.15) is 0 Å². The van der Waals surface area contributed by atoms with Gasteiger partial charge in [0, 0.05) is 28.2 Å². The third-order valence-electron chi connectivity index (χ3n) is 7.39. The topological polar surface area (TPSA) is 52.7 Å². The average molecular weight is 567 g/mol. The number of rotatable bonds is 8. The lowest BCUT2D eigenvalue weighted by Crippen LogP contribution is -2.11. The normalized spacial score (nSPS) is 11.7. The fraction of sp³-hybridized carbons (Fsp3) is 0.265. The number of ketones is 1. The van der Waals surface area contributed by atoms with E-state index in [9.17, 15) is 9.18 Å². The van der Waals surface area contributed by atoms with E-state index in [1.165, 1.54) is 23.4 Å². The van der Waals surface area contributed by atoms with Crippen LogP contribution in [0.3, 0.4) is 0 Å². The molecule has 2 aromatic heterocycles. The van der Waals surface area contributed by atoms with Gasteiger partial charge in [0.15, 0.2) is 16.8 Å². The van der Waals surface area contributed by atoms with Gasteiger partial charge in [0.05, 0.1) is 12.3 Å². The van der Waals surface area contributed by atoms with E-state index < -0.39 is 0 Å². The van der Waals surface area contributed by atoms with Crippen LogP contribution >= 0.6 is 11.8 Å². The van der Waals surface area contributed by atoms with Gasteiger partial charge in [-0.1, -0.05) is 93.2 Å². The summed E-state index contributed by atoms with van der Waals surface area (Å²) in [6, 6.07) is 25.7. The van der Waals surface area contributed by atoms with Crippen molar-refractivity contribution >= 4 is 17.5 Å². The fourth-order valence-electron chi connectivity index (χ4n) is 5.01. The second-order valence-electron chi connectivity index (χ2n) is 11.5. The molecule has 0 radical (unpaired) electrons. The third kappa shape index (κ3) is 6.05. The SMILES string of the molecule is Cc1ccc(-n2c(C)cc(C(=O)CSc3nnc(-c4ccc(C(C)(C)C)cc4)n3Cc3ccccc3)c2C)cc1F. The molecule has 2 heterocycles. The highest BCUT2D eigenvalue weighted by atomic mass is 32.2. The van der Waals surface area contributed by atoms with Crippen molar-refractivity contribution in [1.82, 2.24) is 19.3 Å². The Balaban J connectivity index is 1.42. The summed E-state index contributed by atoms with van der Waals surface area (Å²) in [5, 5.41) is 9.76. The lowest BCUT2D eigenvalue weighted by atomic mass is 9.87. The molecular weight excluding hydrogens is 531 g/mol. The molecule has 0 bridgehead atoms. The third-order valence-corrected chi connectivity index (χ3v) is 8.35. The molecule has 210 valence electrons. The van der Waals surface area contributed by atoms with E-state index >= 15 is 0 Å². The fourth-order valence-corrected chi connectivity index (χ4v) is 5.83. The molecule has 0 aliphatic carbocycles. The minimum atomic E-state index is -0.264. The number of halogens is 1. The van der Waals surface area contributed by atoms with Gasteiger partial charge >= 0.3 is 0 Å². The van der Waals surface area contributed by atoms with Crippen LogP contribution in [0.15, 0.2) is 84.0 Å². The first-order valence-electron chi connectivity index (χ1n) is 13.7. The number of aryl methyl sites for hydroxylation is 2. The van der Waals surface area contributed by atoms with E-state index in [0.717, 1.165) is 28.3 Å². The van der Waals surface area contributed by atoms with Crippen molar-refractivity contribution in [3.8, 4) is 17.1 Å². The molecule has 3 aromatic carbocycles. The van der Waals surface area contributed by atoms with E-state index in [4.69, 9.17) is 0 Å². The molecule has 41 heavy (non-hydrogen) atoms. The van der Waals surface area contributed by atoms with Gasteiger partial charge in [0.25, 0.3) is 0 Å². The number of Topliss-reactive ketones (excluding diaryl/α,β-unsaturated/α-hetero) is 1. The maximum absolute atomic E-state index is 14.3. The van der Waals surface area contributed by atoms with Crippen molar-refractivity contribution in [2.45, 2.75) is 58.7 Å². The van der Waals surface area contributed by atoms with Gasteiger partial charge in [-0.25, -0.2) is 4.39 Å². The monoisotopic (exact) mass is 566 g/mol. The average Bonchev–Trinajstić information content (AvgIpc) is 3.48. The molecule has 5 aromatic rings.